The predicted molar refractivity (Wildman–Crippen MR) is 110 cm³/mol. The van der Waals surface area contributed by atoms with Gasteiger partial charge in [-0.05, 0) is 31.0 Å². The molecule has 28 heavy (non-hydrogen) atoms. The summed E-state index contributed by atoms with van der Waals surface area (Å²) in [5, 5.41) is 15.9. The molecule has 1 amide bonds. The van der Waals surface area contributed by atoms with E-state index in [-0.39, 0.29) is 0 Å². The molecule has 0 unspecified atom stereocenters. The SMILES string of the molecule is C#N.NC(=O)c1cn(C2CCCCC2)nc1Nc1cnc2cc(Cl)ccc2c1. The Balaban J connectivity index is 0.00000109. The van der Waals surface area contributed by atoms with Crippen LogP contribution < -0.4 is 11.1 Å². The zero-order valence-corrected chi connectivity index (χ0v) is 16.1. The van der Waals surface area contributed by atoms with Crippen LogP contribution in [0.5, 0.6) is 0 Å². The van der Waals surface area contributed by atoms with E-state index in [0.717, 1.165) is 29.4 Å². The molecule has 0 bridgehead atoms. The maximum atomic E-state index is 11.9. The number of anilines is 2. The number of amides is 1. The molecule has 0 atom stereocenters. The Morgan fingerprint density at radius 2 is 2.00 bits per heavy atom. The fraction of sp³-hybridized carbons (Fsp3) is 0.300. The number of nitriles is 1. The molecule has 1 aliphatic rings. The first-order valence-corrected chi connectivity index (χ1v) is 9.45. The summed E-state index contributed by atoms with van der Waals surface area (Å²) in [6.45, 7) is 3.50. The van der Waals surface area contributed by atoms with Crippen molar-refractivity contribution in [3.8, 4) is 6.57 Å². The summed E-state index contributed by atoms with van der Waals surface area (Å²) < 4.78 is 1.88. The summed E-state index contributed by atoms with van der Waals surface area (Å²) in [5.41, 5.74) is 7.51. The molecular formula is C20H21ClN6O. The summed E-state index contributed by atoms with van der Waals surface area (Å²) >= 11 is 6.00. The minimum absolute atomic E-state index is 0.328. The molecule has 2 aromatic heterocycles. The smallest absolute Gasteiger partial charge is 0.254 e. The number of carbonyl (C=O) groups is 1. The zero-order chi connectivity index (χ0) is 20.1. The highest BCUT2D eigenvalue weighted by Gasteiger charge is 2.21. The maximum absolute atomic E-state index is 11.9. The van der Waals surface area contributed by atoms with Gasteiger partial charge in [0.1, 0.15) is 5.56 Å². The van der Waals surface area contributed by atoms with Crippen LogP contribution >= 0.6 is 11.6 Å². The van der Waals surface area contributed by atoms with Gasteiger partial charge in [0.2, 0.25) is 0 Å². The maximum Gasteiger partial charge on any atom is 0.254 e. The molecule has 0 saturated heterocycles. The number of aromatic nitrogens is 3. The number of fused-ring (bicyclic) bond motifs is 1. The predicted octanol–water partition coefficient (Wildman–Crippen LogP) is 4.57. The van der Waals surface area contributed by atoms with E-state index in [4.69, 9.17) is 22.6 Å². The highest BCUT2D eigenvalue weighted by atomic mass is 35.5. The zero-order valence-electron chi connectivity index (χ0n) is 15.3. The third-order valence-corrected chi connectivity index (χ3v) is 5.09. The van der Waals surface area contributed by atoms with E-state index in [9.17, 15) is 4.79 Å². The lowest BCUT2D eigenvalue weighted by Gasteiger charge is -2.21. The lowest BCUT2D eigenvalue weighted by atomic mass is 9.96. The van der Waals surface area contributed by atoms with E-state index in [1.165, 1.54) is 19.3 Å². The van der Waals surface area contributed by atoms with E-state index >= 15 is 0 Å². The molecule has 1 aliphatic carbocycles. The highest BCUT2D eigenvalue weighted by molar-refractivity contribution is 6.31. The number of hydrogen-bond donors (Lipinski definition) is 2. The van der Waals surface area contributed by atoms with Gasteiger partial charge >= 0.3 is 0 Å². The van der Waals surface area contributed by atoms with Crippen LogP contribution in [0.25, 0.3) is 10.9 Å². The molecule has 0 radical (unpaired) electrons. The van der Waals surface area contributed by atoms with Gasteiger partial charge in [0.25, 0.3) is 5.91 Å². The summed E-state index contributed by atoms with van der Waals surface area (Å²) in [6, 6.07) is 7.82. The van der Waals surface area contributed by atoms with Gasteiger partial charge in [-0.25, -0.2) is 5.26 Å². The number of halogens is 1. The highest BCUT2D eigenvalue weighted by Crippen LogP contribution is 2.30. The number of nitrogens with zero attached hydrogens (tertiary/aromatic N) is 4. The van der Waals surface area contributed by atoms with Crippen LogP contribution in [-0.2, 0) is 0 Å². The third kappa shape index (κ3) is 4.24. The third-order valence-electron chi connectivity index (χ3n) is 4.86. The van der Waals surface area contributed by atoms with Crippen LogP contribution in [-0.4, -0.2) is 20.7 Å². The van der Waals surface area contributed by atoms with Gasteiger partial charge in [-0.3, -0.25) is 14.5 Å². The van der Waals surface area contributed by atoms with Crippen molar-refractivity contribution in [1.29, 1.82) is 5.26 Å². The lowest BCUT2D eigenvalue weighted by molar-refractivity contribution is 0.100. The van der Waals surface area contributed by atoms with Gasteiger partial charge in [0.05, 0.1) is 23.4 Å². The monoisotopic (exact) mass is 396 g/mol. The average molecular weight is 397 g/mol. The second-order valence-corrected chi connectivity index (χ2v) is 7.15. The Hall–Kier alpha value is -3.11. The van der Waals surface area contributed by atoms with Crippen LogP contribution in [0, 0.1) is 11.8 Å². The van der Waals surface area contributed by atoms with Crippen molar-refractivity contribution in [2.75, 3.05) is 5.32 Å². The normalized spacial score (nSPS) is 14.2. The Labute approximate surface area is 168 Å². The van der Waals surface area contributed by atoms with Gasteiger partial charge < -0.3 is 11.1 Å². The van der Waals surface area contributed by atoms with E-state index in [0.29, 0.717) is 22.4 Å². The van der Waals surface area contributed by atoms with Gasteiger partial charge in [0, 0.05) is 23.2 Å². The molecular weight excluding hydrogens is 376 g/mol. The van der Waals surface area contributed by atoms with Crippen molar-refractivity contribution in [3.63, 3.8) is 0 Å². The lowest BCUT2D eigenvalue weighted by Crippen LogP contribution is -2.14. The number of benzene rings is 1. The molecule has 1 saturated carbocycles. The van der Waals surface area contributed by atoms with Crippen LogP contribution in [0.4, 0.5) is 11.5 Å². The Bertz CT molecular complexity index is 1010. The van der Waals surface area contributed by atoms with Crippen molar-refractivity contribution >= 4 is 39.9 Å². The standard InChI is InChI=1S/C19H20ClN5O.CHN/c20-13-7-6-12-8-14(10-22-17(12)9-13)23-19-16(18(21)26)11-25(24-19)15-4-2-1-3-5-15;1-2/h6-11,15H,1-5H2,(H2,21,26)(H,23,24);1H. The minimum atomic E-state index is -0.491. The van der Waals surface area contributed by atoms with E-state index in [2.05, 4.69) is 22.0 Å². The molecule has 4 rings (SSSR count). The van der Waals surface area contributed by atoms with Crippen LogP contribution in [0.15, 0.2) is 36.7 Å². The first-order chi connectivity index (χ1) is 13.6. The molecule has 0 aliphatic heterocycles. The Morgan fingerprint density at radius 3 is 2.71 bits per heavy atom. The average Bonchev–Trinajstić information content (AvgIpc) is 3.14. The number of hydrogen-bond acceptors (Lipinski definition) is 5. The van der Waals surface area contributed by atoms with E-state index < -0.39 is 5.91 Å². The first-order valence-electron chi connectivity index (χ1n) is 9.07. The second-order valence-electron chi connectivity index (χ2n) is 6.71. The summed E-state index contributed by atoms with van der Waals surface area (Å²) in [6.07, 6.45) is 9.26. The van der Waals surface area contributed by atoms with Crippen molar-refractivity contribution in [2.45, 2.75) is 38.1 Å². The van der Waals surface area contributed by atoms with Crippen LogP contribution in [0.3, 0.4) is 0 Å². The second kappa shape index (κ2) is 8.72. The van der Waals surface area contributed by atoms with Gasteiger partial charge in [-0.15, -0.1) is 0 Å². The van der Waals surface area contributed by atoms with Crippen molar-refractivity contribution in [3.05, 3.63) is 47.2 Å². The molecule has 0 spiro atoms. The Kier molecular flexibility index (Phi) is 6.12. The number of carbonyl (C=O) groups excluding carboxylic acids is 1. The molecule has 2 heterocycles. The summed E-state index contributed by atoms with van der Waals surface area (Å²) in [5.74, 6) is -0.0201. The number of primary amides is 1. The molecule has 3 aromatic rings. The summed E-state index contributed by atoms with van der Waals surface area (Å²) in [7, 11) is 0. The molecule has 1 fully saturated rings. The van der Waals surface area contributed by atoms with Gasteiger partial charge in [0.15, 0.2) is 5.82 Å². The molecule has 7 nitrogen and oxygen atoms in total. The van der Waals surface area contributed by atoms with Crippen LogP contribution in [0.1, 0.15) is 48.5 Å². The largest absolute Gasteiger partial charge is 0.365 e. The first kappa shape index (κ1) is 19.6. The number of nitrogens with two attached hydrogens (primary N) is 1. The Morgan fingerprint density at radius 1 is 1.25 bits per heavy atom. The fourth-order valence-corrected chi connectivity index (χ4v) is 3.66. The fourth-order valence-electron chi connectivity index (χ4n) is 3.50. The van der Waals surface area contributed by atoms with E-state index in [1.54, 1.807) is 12.4 Å². The van der Waals surface area contributed by atoms with Gasteiger partial charge in [-0.1, -0.05) is 36.9 Å². The number of nitrogens with one attached hydrogen (secondary N) is 1. The number of pyridine rings is 1. The minimum Gasteiger partial charge on any atom is -0.365 e. The summed E-state index contributed by atoms with van der Waals surface area (Å²) in [4.78, 5) is 16.3. The quantitative estimate of drug-likeness (QED) is 0.671. The van der Waals surface area contributed by atoms with Crippen molar-refractivity contribution in [2.24, 2.45) is 5.73 Å². The molecule has 1 aromatic carbocycles. The topological polar surface area (TPSA) is 110 Å². The molecule has 8 heteroatoms. The van der Waals surface area contributed by atoms with Gasteiger partial charge in [-0.2, -0.15) is 5.10 Å². The van der Waals surface area contributed by atoms with Crippen LogP contribution in [0.2, 0.25) is 5.02 Å². The van der Waals surface area contributed by atoms with Crippen molar-refractivity contribution in [1.82, 2.24) is 14.8 Å². The molecule has 3 N–H and O–H groups in total. The van der Waals surface area contributed by atoms with Crippen molar-refractivity contribution < 1.29 is 4.79 Å². The number of rotatable bonds is 4. The molecule has 144 valence electrons. The van der Waals surface area contributed by atoms with E-state index in [1.807, 2.05) is 28.9 Å².